The van der Waals surface area contributed by atoms with Crippen molar-refractivity contribution in [2.24, 2.45) is 0 Å². The van der Waals surface area contributed by atoms with E-state index in [4.69, 9.17) is 16.7 Å². The number of ether oxygens (including phenoxy) is 1. The first-order chi connectivity index (χ1) is 6.50. The Labute approximate surface area is 82.1 Å². The van der Waals surface area contributed by atoms with Crippen molar-refractivity contribution in [1.29, 1.82) is 0 Å². The number of carboxylic acids is 1. The lowest BCUT2D eigenvalue weighted by Gasteiger charge is -2.04. The second-order valence-electron chi connectivity index (χ2n) is 2.17. The number of rotatable bonds is 3. The van der Waals surface area contributed by atoms with Crippen molar-refractivity contribution in [3.8, 4) is 5.88 Å². The summed E-state index contributed by atoms with van der Waals surface area (Å²) in [6, 6.07) is 2.04. The highest BCUT2D eigenvalue weighted by molar-refractivity contribution is 6.32. The van der Waals surface area contributed by atoms with E-state index < -0.39 is 23.6 Å². The average molecular weight is 224 g/mol. The maximum absolute atomic E-state index is 11.7. The summed E-state index contributed by atoms with van der Waals surface area (Å²) in [4.78, 5) is 13.8. The SMILES string of the molecule is O=C(O)c1ccc(OC(F)F)nc1Cl. The van der Waals surface area contributed by atoms with Gasteiger partial charge in [0, 0.05) is 6.07 Å². The van der Waals surface area contributed by atoms with Gasteiger partial charge in [0.25, 0.3) is 0 Å². The molecule has 1 aromatic heterocycles. The number of carboxylic acid groups (broad SMARTS) is 1. The van der Waals surface area contributed by atoms with Crippen molar-refractivity contribution in [2.45, 2.75) is 6.61 Å². The molecule has 0 saturated carbocycles. The monoisotopic (exact) mass is 223 g/mol. The molecule has 14 heavy (non-hydrogen) atoms. The summed E-state index contributed by atoms with van der Waals surface area (Å²) in [6.45, 7) is -3.02. The molecule has 0 bridgehead atoms. The number of pyridine rings is 1. The number of hydrogen-bond acceptors (Lipinski definition) is 3. The second kappa shape index (κ2) is 4.19. The normalized spacial score (nSPS) is 10.3. The summed E-state index contributed by atoms with van der Waals surface area (Å²) in [5.74, 6) is -1.71. The average Bonchev–Trinajstić information content (AvgIpc) is 2.01. The summed E-state index contributed by atoms with van der Waals surface area (Å²) in [5, 5.41) is 8.13. The highest BCUT2D eigenvalue weighted by Gasteiger charge is 2.12. The largest absolute Gasteiger partial charge is 0.478 e. The van der Waals surface area contributed by atoms with E-state index in [1.807, 2.05) is 0 Å². The first-order valence-electron chi connectivity index (χ1n) is 3.35. The predicted octanol–water partition coefficient (Wildman–Crippen LogP) is 2.03. The van der Waals surface area contributed by atoms with Crippen LogP contribution in [0.1, 0.15) is 10.4 Å². The van der Waals surface area contributed by atoms with Crippen LogP contribution in [0.2, 0.25) is 5.15 Å². The molecule has 0 fully saturated rings. The molecule has 0 saturated heterocycles. The molecule has 0 amide bonds. The summed E-state index contributed by atoms with van der Waals surface area (Å²) in [7, 11) is 0. The number of halogens is 3. The lowest BCUT2D eigenvalue weighted by molar-refractivity contribution is -0.0528. The number of aromatic nitrogens is 1. The fraction of sp³-hybridized carbons (Fsp3) is 0.143. The zero-order valence-electron chi connectivity index (χ0n) is 6.58. The Hall–Kier alpha value is -1.43. The zero-order chi connectivity index (χ0) is 10.7. The molecule has 0 aliphatic carbocycles. The van der Waals surface area contributed by atoms with Crippen LogP contribution in [0, 0.1) is 0 Å². The number of aromatic carboxylic acids is 1. The third-order valence-electron chi connectivity index (χ3n) is 1.26. The second-order valence-corrected chi connectivity index (χ2v) is 2.53. The standard InChI is InChI=1S/C7H4ClF2NO3/c8-5-3(6(12)13)1-2-4(11-5)14-7(9)10/h1-2,7H,(H,12,13). The predicted molar refractivity (Wildman–Crippen MR) is 42.8 cm³/mol. The van der Waals surface area contributed by atoms with E-state index in [9.17, 15) is 13.6 Å². The van der Waals surface area contributed by atoms with Crippen molar-refractivity contribution in [3.63, 3.8) is 0 Å². The van der Waals surface area contributed by atoms with Crippen molar-refractivity contribution in [2.75, 3.05) is 0 Å². The summed E-state index contributed by atoms with van der Waals surface area (Å²) in [6.07, 6.45) is 0. The van der Waals surface area contributed by atoms with Crippen LogP contribution in [0.15, 0.2) is 12.1 Å². The summed E-state index contributed by atoms with van der Waals surface area (Å²) in [5.41, 5.74) is -0.270. The molecule has 1 heterocycles. The van der Waals surface area contributed by atoms with E-state index in [2.05, 4.69) is 9.72 Å². The molecule has 0 aliphatic rings. The van der Waals surface area contributed by atoms with Crippen LogP contribution in [0.4, 0.5) is 8.78 Å². The van der Waals surface area contributed by atoms with E-state index >= 15 is 0 Å². The van der Waals surface area contributed by atoms with Gasteiger partial charge in [0.1, 0.15) is 5.15 Å². The molecular formula is C7H4ClF2NO3. The van der Waals surface area contributed by atoms with Gasteiger partial charge in [-0.3, -0.25) is 0 Å². The van der Waals surface area contributed by atoms with Crippen molar-refractivity contribution in [3.05, 3.63) is 22.8 Å². The van der Waals surface area contributed by atoms with E-state index in [0.717, 1.165) is 12.1 Å². The smallest absolute Gasteiger partial charge is 0.388 e. The van der Waals surface area contributed by atoms with Gasteiger partial charge in [0.2, 0.25) is 5.88 Å². The van der Waals surface area contributed by atoms with E-state index in [-0.39, 0.29) is 5.56 Å². The van der Waals surface area contributed by atoms with Crippen molar-refractivity contribution >= 4 is 17.6 Å². The molecule has 4 nitrogen and oxygen atoms in total. The van der Waals surface area contributed by atoms with E-state index in [0.29, 0.717) is 0 Å². The molecular weight excluding hydrogens is 220 g/mol. The van der Waals surface area contributed by atoms with E-state index in [1.54, 1.807) is 0 Å². The first kappa shape index (κ1) is 10.6. The minimum atomic E-state index is -3.02. The lowest BCUT2D eigenvalue weighted by Crippen LogP contribution is -2.05. The maximum atomic E-state index is 11.7. The van der Waals surface area contributed by atoms with Gasteiger partial charge in [-0.1, -0.05) is 11.6 Å². The Bertz CT molecular complexity index is 359. The minimum absolute atomic E-state index is 0.270. The minimum Gasteiger partial charge on any atom is -0.478 e. The lowest BCUT2D eigenvalue weighted by atomic mass is 10.3. The van der Waals surface area contributed by atoms with Crippen molar-refractivity contribution in [1.82, 2.24) is 4.98 Å². The van der Waals surface area contributed by atoms with Gasteiger partial charge in [-0.25, -0.2) is 9.78 Å². The number of hydrogen-bond donors (Lipinski definition) is 1. The highest BCUT2D eigenvalue weighted by Crippen LogP contribution is 2.18. The maximum Gasteiger partial charge on any atom is 0.388 e. The fourth-order valence-corrected chi connectivity index (χ4v) is 0.961. The fourth-order valence-electron chi connectivity index (χ4n) is 0.734. The van der Waals surface area contributed by atoms with Gasteiger partial charge in [0.05, 0.1) is 5.56 Å². The van der Waals surface area contributed by atoms with Crippen LogP contribution in [-0.2, 0) is 0 Å². The van der Waals surface area contributed by atoms with Gasteiger partial charge in [-0.2, -0.15) is 8.78 Å². The molecule has 1 aromatic rings. The number of carbonyl (C=O) groups is 1. The third kappa shape index (κ3) is 2.53. The van der Waals surface area contributed by atoms with E-state index in [1.165, 1.54) is 0 Å². The Morgan fingerprint density at radius 2 is 2.21 bits per heavy atom. The number of alkyl halides is 2. The molecule has 76 valence electrons. The molecule has 1 N–H and O–H groups in total. The van der Waals surface area contributed by atoms with Crippen molar-refractivity contribution < 1.29 is 23.4 Å². The Morgan fingerprint density at radius 3 is 2.64 bits per heavy atom. The van der Waals surface area contributed by atoms with Gasteiger partial charge in [-0.15, -0.1) is 0 Å². The first-order valence-corrected chi connectivity index (χ1v) is 3.73. The molecule has 0 aromatic carbocycles. The third-order valence-corrected chi connectivity index (χ3v) is 1.55. The molecule has 0 radical (unpaired) electrons. The zero-order valence-corrected chi connectivity index (χ0v) is 7.33. The Balaban J connectivity index is 2.94. The molecule has 0 aliphatic heterocycles. The summed E-state index contributed by atoms with van der Waals surface area (Å²) < 4.78 is 27.3. The molecule has 1 rings (SSSR count). The quantitative estimate of drug-likeness (QED) is 0.797. The summed E-state index contributed by atoms with van der Waals surface area (Å²) >= 11 is 5.39. The van der Waals surface area contributed by atoms with Crippen LogP contribution in [-0.4, -0.2) is 22.7 Å². The van der Waals surface area contributed by atoms with Crippen LogP contribution < -0.4 is 4.74 Å². The number of nitrogens with zero attached hydrogens (tertiary/aromatic N) is 1. The Morgan fingerprint density at radius 1 is 1.57 bits per heavy atom. The van der Waals surface area contributed by atoms with Gasteiger partial charge >= 0.3 is 12.6 Å². The Kier molecular flexibility index (Phi) is 3.19. The molecule has 0 spiro atoms. The molecule has 0 atom stereocenters. The van der Waals surface area contributed by atoms with Crippen LogP contribution in [0.5, 0.6) is 5.88 Å². The topological polar surface area (TPSA) is 59.4 Å². The van der Waals surface area contributed by atoms with Crippen LogP contribution >= 0.6 is 11.6 Å². The van der Waals surface area contributed by atoms with Gasteiger partial charge in [0.15, 0.2) is 0 Å². The van der Waals surface area contributed by atoms with Crippen LogP contribution in [0.3, 0.4) is 0 Å². The van der Waals surface area contributed by atoms with Gasteiger partial charge in [-0.05, 0) is 6.07 Å². The van der Waals surface area contributed by atoms with Crippen LogP contribution in [0.25, 0.3) is 0 Å². The molecule has 7 heteroatoms. The highest BCUT2D eigenvalue weighted by atomic mass is 35.5. The van der Waals surface area contributed by atoms with Gasteiger partial charge < -0.3 is 9.84 Å². The molecule has 0 unspecified atom stereocenters.